The molecule has 7 nitrogen and oxygen atoms in total. The molecule has 0 spiro atoms. The highest BCUT2D eigenvalue weighted by atomic mass is 32.2. The molecule has 0 aromatic heterocycles. The molecule has 0 radical (unpaired) electrons. The van der Waals surface area contributed by atoms with Crippen molar-refractivity contribution < 1.29 is 24.5 Å². The fourth-order valence-electron chi connectivity index (χ4n) is 4.39. The average molecular weight is 537 g/mol. The molecule has 1 saturated heterocycles. The lowest BCUT2D eigenvalue weighted by atomic mass is 9.91. The van der Waals surface area contributed by atoms with Gasteiger partial charge in [0.05, 0.1) is 25.4 Å². The SMILES string of the molecule is C[C@@H]1[C@H](CSCCO)O[C@H](c2ccc(CNC(=O)NCc3ccccc3)cc2)O[C@@H]1c1ccc(CO)cc1. The third-order valence-corrected chi connectivity index (χ3v) is 7.68. The van der Waals surface area contributed by atoms with Gasteiger partial charge in [-0.1, -0.05) is 85.8 Å². The maximum atomic E-state index is 12.2. The van der Waals surface area contributed by atoms with Gasteiger partial charge in [-0.2, -0.15) is 11.8 Å². The van der Waals surface area contributed by atoms with E-state index in [9.17, 15) is 15.0 Å². The topological polar surface area (TPSA) is 100 Å². The lowest BCUT2D eigenvalue weighted by molar-refractivity contribution is -0.268. The Hall–Kier alpha value is -2.88. The van der Waals surface area contributed by atoms with Crippen LogP contribution in [0.5, 0.6) is 0 Å². The number of hydrogen-bond donors (Lipinski definition) is 4. The molecule has 1 fully saturated rings. The lowest BCUT2D eigenvalue weighted by Gasteiger charge is -2.41. The molecule has 2 amide bonds. The second-order valence-corrected chi connectivity index (χ2v) is 10.5. The van der Waals surface area contributed by atoms with Crippen LogP contribution in [0, 0.1) is 5.92 Å². The van der Waals surface area contributed by atoms with E-state index in [1.54, 1.807) is 11.8 Å². The van der Waals surface area contributed by atoms with Crippen LogP contribution in [0.25, 0.3) is 0 Å². The van der Waals surface area contributed by atoms with E-state index >= 15 is 0 Å². The lowest BCUT2D eigenvalue weighted by Crippen LogP contribution is -2.38. The number of hydrogen-bond acceptors (Lipinski definition) is 6. The van der Waals surface area contributed by atoms with Gasteiger partial charge in [0.1, 0.15) is 0 Å². The van der Waals surface area contributed by atoms with Crippen LogP contribution in [-0.4, -0.2) is 40.5 Å². The van der Waals surface area contributed by atoms with Gasteiger partial charge in [0.25, 0.3) is 0 Å². The highest BCUT2D eigenvalue weighted by molar-refractivity contribution is 7.99. The quantitative estimate of drug-likeness (QED) is 0.265. The van der Waals surface area contributed by atoms with Gasteiger partial charge in [-0.15, -0.1) is 0 Å². The fourth-order valence-corrected chi connectivity index (χ4v) is 5.30. The molecule has 1 heterocycles. The third kappa shape index (κ3) is 7.82. The van der Waals surface area contributed by atoms with Gasteiger partial charge in [0.15, 0.2) is 6.29 Å². The number of rotatable bonds is 11. The van der Waals surface area contributed by atoms with Crippen molar-refractivity contribution in [2.75, 3.05) is 18.1 Å². The van der Waals surface area contributed by atoms with Crippen molar-refractivity contribution in [1.29, 1.82) is 0 Å². The molecule has 3 aromatic carbocycles. The summed E-state index contributed by atoms with van der Waals surface area (Å²) in [5.74, 6) is 1.52. The zero-order chi connectivity index (χ0) is 26.7. The number of benzene rings is 3. The van der Waals surface area contributed by atoms with Crippen LogP contribution in [0.4, 0.5) is 4.79 Å². The summed E-state index contributed by atoms with van der Waals surface area (Å²) >= 11 is 1.67. The third-order valence-electron chi connectivity index (χ3n) is 6.64. The second-order valence-electron chi connectivity index (χ2n) is 9.38. The maximum Gasteiger partial charge on any atom is 0.315 e. The first-order valence-corrected chi connectivity index (χ1v) is 14.1. The van der Waals surface area contributed by atoms with Crippen LogP contribution < -0.4 is 10.6 Å². The Morgan fingerprint density at radius 1 is 0.816 bits per heavy atom. The van der Waals surface area contributed by atoms with E-state index in [0.29, 0.717) is 18.8 Å². The molecule has 0 bridgehead atoms. The van der Waals surface area contributed by atoms with Crippen molar-refractivity contribution in [3.8, 4) is 0 Å². The molecule has 1 aliphatic rings. The summed E-state index contributed by atoms with van der Waals surface area (Å²) in [4.78, 5) is 12.2. The Bertz CT molecular complexity index is 1130. The van der Waals surface area contributed by atoms with E-state index in [-0.39, 0.29) is 37.4 Å². The van der Waals surface area contributed by atoms with E-state index in [1.807, 2.05) is 78.9 Å². The Morgan fingerprint density at radius 3 is 2.05 bits per heavy atom. The number of aliphatic hydroxyl groups excluding tert-OH is 2. The van der Waals surface area contributed by atoms with Gasteiger partial charge >= 0.3 is 6.03 Å². The molecule has 1 aliphatic heterocycles. The molecule has 4 N–H and O–H groups in total. The van der Waals surface area contributed by atoms with Gasteiger partial charge in [0, 0.05) is 36.1 Å². The summed E-state index contributed by atoms with van der Waals surface area (Å²) in [5, 5.41) is 24.4. The number of aliphatic hydroxyl groups is 2. The molecule has 4 rings (SSSR count). The standard InChI is InChI=1S/C30H36N2O5S/c1-21-27(20-38-16-15-33)36-29(37-28(21)25-11-9-24(19-34)10-12-25)26-13-7-23(8-14-26)18-32-30(35)31-17-22-5-3-2-4-6-22/h2-14,21,27-29,33-34H,15-20H2,1H3,(H2,31,32,35)/t21-,27+,28+,29+/m1/s1. The first-order valence-electron chi connectivity index (χ1n) is 12.9. The molecule has 8 heteroatoms. The predicted molar refractivity (Wildman–Crippen MR) is 149 cm³/mol. The first-order chi connectivity index (χ1) is 18.6. The van der Waals surface area contributed by atoms with Crippen LogP contribution in [0.2, 0.25) is 0 Å². The zero-order valence-corrected chi connectivity index (χ0v) is 22.4. The van der Waals surface area contributed by atoms with E-state index in [0.717, 1.165) is 33.6 Å². The minimum atomic E-state index is -0.537. The smallest absolute Gasteiger partial charge is 0.315 e. The van der Waals surface area contributed by atoms with Crippen molar-refractivity contribution in [1.82, 2.24) is 10.6 Å². The normalized spacial score (nSPS) is 21.1. The molecular weight excluding hydrogens is 500 g/mol. The van der Waals surface area contributed by atoms with Gasteiger partial charge in [-0.3, -0.25) is 0 Å². The molecule has 0 aliphatic carbocycles. The minimum Gasteiger partial charge on any atom is -0.396 e. The molecule has 38 heavy (non-hydrogen) atoms. The number of amides is 2. The van der Waals surface area contributed by atoms with Gasteiger partial charge in [-0.05, 0) is 22.3 Å². The number of carbonyl (C=O) groups excluding carboxylic acids is 1. The van der Waals surface area contributed by atoms with Gasteiger partial charge < -0.3 is 30.3 Å². The van der Waals surface area contributed by atoms with Crippen LogP contribution in [0.1, 0.15) is 47.1 Å². The summed E-state index contributed by atoms with van der Waals surface area (Å²) in [6.45, 7) is 3.15. The number of urea groups is 1. The van der Waals surface area contributed by atoms with Crippen LogP contribution >= 0.6 is 11.8 Å². The van der Waals surface area contributed by atoms with Crippen molar-refractivity contribution >= 4 is 17.8 Å². The van der Waals surface area contributed by atoms with E-state index in [1.165, 1.54) is 0 Å². The zero-order valence-electron chi connectivity index (χ0n) is 21.6. The highest BCUT2D eigenvalue weighted by Gasteiger charge is 2.38. The molecule has 0 unspecified atom stereocenters. The van der Waals surface area contributed by atoms with Crippen molar-refractivity contribution in [3.05, 3.63) is 107 Å². The monoisotopic (exact) mass is 536 g/mol. The van der Waals surface area contributed by atoms with Crippen LogP contribution in [0.15, 0.2) is 78.9 Å². The first kappa shape index (κ1) is 28.1. The summed E-state index contributed by atoms with van der Waals surface area (Å²) in [7, 11) is 0. The summed E-state index contributed by atoms with van der Waals surface area (Å²) in [6.07, 6.45) is -0.761. The largest absolute Gasteiger partial charge is 0.396 e. The molecule has 3 aromatic rings. The Morgan fingerprint density at radius 2 is 1.42 bits per heavy atom. The van der Waals surface area contributed by atoms with Gasteiger partial charge in [-0.25, -0.2) is 4.79 Å². The van der Waals surface area contributed by atoms with Crippen molar-refractivity contribution in [3.63, 3.8) is 0 Å². The van der Waals surface area contributed by atoms with Crippen molar-refractivity contribution in [2.45, 2.75) is 45.1 Å². The van der Waals surface area contributed by atoms with Crippen LogP contribution in [0.3, 0.4) is 0 Å². The summed E-state index contributed by atoms with van der Waals surface area (Å²) in [6, 6.07) is 25.3. The maximum absolute atomic E-state index is 12.2. The van der Waals surface area contributed by atoms with Gasteiger partial charge in [0.2, 0.25) is 0 Å². The number of carbonyl (C=O) groups is 1. The number of ether oxygens (including phenoxy) is 2. The minimum absolute atomic E-state index is 0.00338. The molecular formula is C30H36N2O5S. The number of thioether (sulfide) groups is 1. The van der Waals surface area contributed by atoms with Crippen molar-refractivity contribution in [2.24, 2.45) is 5.92 Å². The molecule has 202 valence electrons. The molecule has 4 atom stereocenters. The Kier molecular flexibility index (Phi) is 10.6. The fraction of sp³-hybridized carbons (Fsp3) is 0.367. The Labute approximate surface area is 228 Å². The number of nitrogens with one attached hydrogen (secondary N) is 2. The van der Waals surface area contributed by atoms with Crippen LogP contribution in [-0.2, 0) is 29.2 Å². The van der Waals surface area contributed by atoms with E-state index < -0.39 is 6.29 Å². The summed E-state index contributed by atoms with van der Waals surface area (Å²) in [5.41, 5.74) is 4.83. The molecule has 0 saturated carbocycles. The van der Waals surface area contributed by atoms with E-state index in [4.69, 9.17) is 9.47 Å². The predicted octanol–water partition coefficient (Wildman–Crippen LogP) is 4.70. The average Bonchev–Trinajstić information content (AvgIpc) is 2.97. The highest BCUT2D eigenvalue weighted by Crippen LogP contribution is 2.42. The second kappa shape index (κ2) is 14.3. The van der Waals surface area contributed by atoms with E-state index in [2.05, 4.69) is 17.6 Å². The Balaban J connectivity index is 1.38. The summed E-state index contributed by atoms with van der Waals surface area (Å²) < 4.78 is 12.9.